The molecule has 6 nitrogen and oxygen atoms in total. The first kappa shape index (κ1) is 20.4. The number of nitrogens with one attached hydrogen (secondary N) is 1. The molecule has 0 fully saturated rings. The van der Waals surface area contributed by atoms with Gasteiger partial charge in [-0.1, -0.05) is 51.2 Å². The molecule has 144 valence electrons. The quantitative estimate of drug-likeness (QED) is 0.223. The minimum atomic E-state index is -0.437. The molecular formula is C21H27N3O3. The van der Waals surface area contributed by atoms with Crippen molar-refractivity contribution in [3.8, 4) is 5.75 Å². The summed E-state index contributed by atoms with van der Waals surface area (Å²) in [5.41, 5.74) is 3.95. The largest absolute Gasteiger partial charge is 0.494 e. The van der Waals surface area contributed by atoms with Crippen molar-refractivity contribution in [1.82, 2.24) is 0 Å². The highest BCUT2D eigenvalue weighted by Crippen LogP contribution is 2.23. The predicted octanol–water partition coefficient (Wildman–Crippen LogP) is 5.78. The molecule has 0 radical (unpaired) electrons. The fourth-order valence-corrected chi connectivity index (χ4v) is 2.63. The standard InChI is InChI=1S/C21H27N3O3/c1-2-3-4-5-6-9-16-27-19-14-12-18(13-15-19)17-22-23-20-10-7-8-11-21(20)24(25)26/h7-8,10-15,17,23H,2-6,9,16H2,1H3/b22-17+. The van der Waals surface area contributed by atoms with Gasteiger partial charge < -0.3 is 4.74 Å². The van der Waals surface area contributed by atoms with E-state index in [0.717, 1.165) is 24.3 Å². The average molecular weight is 369 g/mol. The number of hydrogen-bond acceptors (Lipinski definition) is 5. The lowest BCUT2D eigenvalue weighted by Gasteiger charge is -2.06. The maximum Gasteiger partial charge on any atom is 0.294 e. The fourth-order valence-electron chi connectivity index (χ4n) is 2.63. The number of hydrogen-bond donors (Lipinski definition) is 1. The summed E-state index contributed by atoms with van der Waals surface area (Å²) in [7, 11) is 0. The van der Waals surface area contributed by atoms with Gasteiger partial charge in [0.25, 0.3) is 5.69 Å². The molecule has 0 atom stereocenters. The van der Waals surface area contributed by atoms with Crippen LogP contribution >= 0.6 is 0 Å². The van der Waals surface area contributed by atoms with Gasteiger partial charge >= 0.3 is 0 Å². The number of ether oxygens (including phenoxy) is 1. The van der Waals surface area contributed by atoms with Crippen molar-refractivity contribution in [3.63, 3.8) is 0 Å². The first-order valence-electron chi connectivity index (χ1n) is 9.46. The Labute approximate surface area is 160 Å². The van der Waals surface area contributed by atoms with Crippen LogP contribution in [0.2, 0.25) is 0 Å². The van der Waals surface area contributed by atoms with Crippen molar-refractivity contribution in [2.24, 2.45) is 5.10 Å². The summed E-state index contributed by atoms with van der Waals surface area (Å²) in [4.78, 5) is 10.5. The molecular weight excluding hydrogens is 342 g/mol. The summed E-state index contributed by atoms with van der Waals surface area (Å²) in [5.74, 6) is 0.840. The van der Waals surface area contributed by atoms with Crippen molar-refractivity contribution in [1.29, 1.82) is 0 Å². The Morgan fingerprint density at radius 2 is 1.74 bits per heavy atom. The number of nitrogens with zero attached hydrogens (tertiary/aromatic N) is 2. The second kappa shape index (κ2) is 11.7. The third-order valence-corrected chi connectivity index (χ3v) is 4.15. The summed E-state index contributed by atoms with van der Waals surface area (Å²) in [6.45, 7) is 2.96. The minimum absolute atomic E-state index is 0.00640. The van der Waals surface area contributed by atoms with Gasteiger partial charge in [-0.3, -0.25) is 15.5 Å². The molecule has 0 heterocycles. The lowest BCUT2D eigenvalue weighted by atomic mass is 10.1. The van der Waals surface area contributed by atoms with Crippen molar-refractivity contribution in [2.75, 3.05) is 12.0 Å². The fraction of sp³-hybridized carbons (Fsp3) is 0.381. The molecule has 0 aliphatic heterocycles. The topological polar surface area (TPSA) is 76.8 Å². The second-order valence-electron chi connectivity index (χ2n) is 6.33. The first-order chi connectivity index (χ1) is 13.2. The molecule has 0 aliphatic rings. The molecule has 0 aromatic heterocycles. The summed E-state index contributed by atoms with van der Waals surface area (Å²) in [5, 5.41) is 15.0. The van der Waals surface area contributed by atoms with E-state index in [1.165, 1.54) is 38.2 Å². The van der Waals surface area contributed by atoms with E-state index in [1.807, 2.05) is 24.3 Å². The summed E-state index contributed by atoms with van der Waals surface area (Å²) in [6.07, 6.45) is 9.08. The SMILES string of the molecule is CCCCCCCCOc1ccc(/C=N/Nc2ccccc2[N+](=O)[O-])cc1. The third-order valence-electron chi connectivity index (χ3n) is 4.15. The lowest BCUT2D eigenvalue weighted by molar-refractivity contribution is -0.384. The van der Waals surface area contributed by atoms with Gasteiger partial charge in [0.05, 0.1) is 17.7 Å². The van der Waals surface area contributed by atoms with Crippen LogP contribution in [0.3, 0.4) is 0 Å². The minimum Gasteiger partial charge on any atom is -0.494 e. The van der Waals surface area contributed by atoms with Gasteiger partial charge in [0.1, 0.15) is 11.4 Å². The normalized spacial score (nSPS) is 10.9. The van der Waals surface area contributed by atoms with Gasteiger partial charge in [-0.15, -0.1) is 0 Å². The van der Waals surface area contributed by atoms with Gasteiger partial charge in [-0.2, -0.15) is 5.10 Å². The van der Waals surface area contributed by atoms with Crippen LogP contribution in [0.25, 0.3) is 0 Å². The Hall–Kier alpha value is -2.89. The van der Waals surface area contributed by atoms with E-state index in [9.17, 15) is 10.1 Å². The molecule has 0 spiro atoms. The molecule has 2 aromatic carbocycles. The summed E-state index contributed by atoms with van der Waals surface area (Å²) in [6, 6.07) is 14.0. The Bertz CT molecular complexity index is 730. The van der Waals surface area contributed by atoms with Crippen LogP contribution in [0, 0.1) is 10.1 Å². The van der Waals surface area contributed by atoms with Crippen LogP contribution in [0.5, 0.6) is 5.75 Å². The van der Waals surface area contributed by atoms with Crippen LogP contribution < -0.4 is 10.2 Å². The summed E-state index contributed by atoms with van der Waals surface area (Å²) < 4.78 is 5.75. The molecule has 0 amide bonds. The van der Waals surface area contributed by atoms with E-state index in [2.05, 4.69) is 17.5 Å². The molecule has 2 aromatic rings. The monoisotopic (exact) mass is 369 g/mol. The Morgan fingerprint density at radius 3 is 2.48 bits per heavy atom. The van der Waals surface area contributed by atoms with Gasteiger partial charge in [-0.25, -0.2) is 0 Å². The van der Waals surface area contributed by atoms with Crippen molar-refractivity contribution < 1.29 is 9.66 Å². The number of benzene rings is 2. The number of nitro groups is 1. The van der Waals surface area contributed by atoms with Crippen LogP contribution in [0.4, 0.5) is 11.4 Å². The predicted molar refractivity (Wildman–Crippen MR) is 110 cm³/mol. The van der Waals surface area contributed by atoms with E-state index in [0.29, 0.717) is 5.69 Å². The molecule has 6 heteroatoms. The second-order valence-corrected chi connectivity index (χ2v) is 6.33. The van der Waals surface area contributed by atoms with Crippen LogP contribution in [-0.2, 0) is 0 Å². The molecule has 0 unspecified atom stereocenters. The number of nitro benzene ring substituents is 1. The maximum absolute atomic E-state index is 11.0. The van der Waals surface area contributed by atoms with Crippen LogP contribution in [0.15, 0.2) is 53.6 Å². The Balaban J connectivity index is 1.75. The first-order valence-corrected chi connectivity index (χ1v) is 9.46. The number of unbranched alkanes of at least 4 members (excludes halogenated alkanes) is 5. The van der Waals surface area contributed by atoms with E-state index >= 15 is 0 Å². The molecule has 0 aliphatic carbocycles. The zero-order chi connectivity index (χ0) is 19.3. The smallest absolute Gasteiger partial charge is 0.294 e. The number of hydrazone groups is 1. The zero-order valence-corrected chi connectivity index (χ0v) is 15.8. The van der Waals surface area contributed by atoms with E-state index in [-0.39, 0.29) is 5.69 Å². The van der Waals surface area contributed by atoms with Gasteiger partial charge in [0.15, 0.2) is 0 Å². The summed E-state index contributed by atoms with van der Waals surface area (Å²) >= 11 is 0. The Kier molecular flexibility index (Phi) is 8.83. The van der Waals surface area contributed by atoms with Crippen molar-refractivity contribution in [2.45, 2.75) is 45.4 Å². The number of para-hydroxylation sites is 2. The lowest BCUT2D eigenvalue weighted by Crippen LogP contribution is -1.98. The maximum atomic E-state index is 11.0. The molecule has 0 saturated heterocycles. The van der Waals surface area contributed by atoms with E-state index in [1.54, 1.807) is 24.4 Å². The van der Waals surface area contributed by atoms with E-state index in [4.69, 9.17) is 4.74 Å². The van der Waals surface area contributed by atoms with Crippen molar-refractivity contribution in [3.05, 3.63) is 64.2 Å². The highest BCUT2D eigenvalue weighted by molar-refractivity contribution is 5.80. The molecule has 1 N–H and O–H groups in total. The highest BCUT2D eigenvalue weighted by atomic mass is 16.6. The van der Waals surface area contributed by atoms with Crippen molar-refractivity contribution >= 4 is 17.6 Å². The number of rotatable bonds is 12. The van der Waals surface area contributed by atoms with Gasteiger partial charge in [-0.05, 0) is 42.3 Å². The van der Waals surface area contributed by atoms with Crippen LogP contribution in [-0.4, -0.2) is 17.7 Å². The Morgan fingerprint density at radius 1 is 1.04 bits per heavy atom. The highest BCUT2D eigenvalue weighted by Gasteiger charge is 2.10. The number of anilines is 1. The average Bonchev–Trinajstić information content (AvgIpc) is 2.68. The molecule has 2 rings (SSSR count). The molecule has 0 bridgehead atoms. The van der Waals surface area contributed by atoms with E-state index < -0.39 is 4.92 Å². The van der Waals surface area contributed by atoms with Gasteiger partial charge in [0.2, 0.25) is 0 Å². The van der Waals surface area contributed by atoms with Crippen LogP contribution in [0.1, 0.15) is 51.0 Å². The third kappa shape index (κ3) is 7.48. The zero-order valence-electron chi connectivity index (χ0n) is 15.8. The molecule has 27 heavy (non-hydrogen) atoms. The molecule has 0 saturated carbocycles. The van der Waals surface area contributed by atoms with Gasteiger partial charge in [0, 0.05) is 6.07 Å².